The molecule has 3 N–H and O–H groups in total. The van der Waals surface area contributed by atoms with E-state index in [1.807, 2.05) is 108 Å². The number of amides is 4. The Bertz CT molecular complexity index is 2980. The maximum Gasteiger partial charge on any atom is 0.262 e. The minimum Gasteiger partial charge on any atom is -0.361 e. The number of para-hydroxylation sites is 4. The number of rotatable bonds is 5. The van der Waals surface area contributed by atoms with Crippen LogP contribution in [0.2, 0.25) is 0 Å². The number of carbonyl (C=O) groups is 4. The van der Waals surface area contributed by atoms with E-state index in [0.717, 1.165) is 53.4 Å². The van der Waals surface area contributed by atoms with Crippen LogP contribution in [0.1, 0.15) is 22.3 Å². The number of imide groups is 2. The SMILES string of the molecule is CN1C(=O)C(c2c[nH]c3ccccc23)=C(c2c(-n3cc(C4=C(c5c[nH]c6ccccc56)C(=O)N(C)C4=O)c4ccccc43)[nH]c3ccccc23)C1=O. The van der Waals surface area contributed by atoms with Crippen LogP contribution in [0.4, 0.5) is 0 Å². The van der Waals surface area contributed by atoms with Gasteiger partial charge in [0.1, 0.15) is 5.82 Å². The van der Waals surface area contributed by atoms with Gasteiger partial charge >= 0.3 is 0 Å². The summed E-state index contributed by atoms with van der Waals surface area (Å²) in [6.45, 7) is 0. The van der Waals surface area contributed by atoms with Gasteiger partial charge in [0.25, 0.3) is 23.6 Å². The Labute approximate surface area is 295 Å². The topological polar surface area (TPSA) is 127 Å². The normalized spacial score (nSPS) is 15.4. The summed E-state index contributed by atoms with van der Waals surface area (Å²) in [4.78, 5) is 68.6. The largest absolute Gasteiger partial charge is 0.361 e. The van der Waals surface area contributed by atoms with Gasteiger partial charge in [0.2, 0.25) is 0 Å². The number of likely N-dealkylation sites (N-methyl/N-ethyl adjacent to an activating group) is 2. The Hall–Kier alpha value is -7.20. The fraction of sp³-hybridized carbons (Fsp3) is 0.0476. The van der Waals surface area contributed by atoms with Crippen LogP contribution in [-0.4, -0.2) is 67.0 Å². The molecule has 0 bridgehead atoms. The molecule has 4 aromatic heterocycles. The summed E-state index contributed by atoms with van der Waals surface area (Å²) in [6, 6.07) is 30.7. The lowest BCUT2D eigenvalue weighted by molar-refractivity contribution is -0.135. The van der Waals surface area contributed by atoms with E-state index in [-0.39, 0.29) is 17.1 Å². The van der Waals surface area contributed by atoms with E-state index in [1.54, 1.807) is 12.4 Å². The monoisotopic (exact) mass is 680 g/mol. The van der Waals surface area contributed by atoms with Gasteiger partial charge in [-0.1, -0.05) is 72.8 Å². The third kappa shape index (κ3) is 3.88. The van der Waals surface area contributed by atoms with Gasteiger partial charge in [-0.15, -0.1) is 0 Å². The molecule has 0 unspecified atom stereocenters. The van der Waals surface area contributed by atoms with Crippen LogP contribution >= 0.6 is 0 Å². The lowest BCUT2D eigenvalue weighted by Crippen LogP contribution is -2.26. The summed E-state index contributed by atoms with van der Waals surface area (Å²) < 4.78 is 1.92. The van der Waals surface area contributed by atoms with E-state index in [1.165, 1.54) is 14.1 Å². The number of benzene rings is 4. The van der Waals surface area contributed by atoms with Crippen molar-refractivity contribution in [2.45, 2.75) is 0 Å². The Morgan fingerprint density at radius 3 is 1.50 bits per heavy atom. The highest BCUT2D eigenvalue weighted by Crippen LogP contribution is 2.45. The molecule has 10 nitrogen and oxygen atoms in total. The summed E-state index contributed by atoms with van der Waals surface area (Å²) >= 11 is 0. The number of hydrogen-bond acceptors (Lipinski definition) is 4. The molecule has 0 saturated carbocycles. The lowest BCUT2D eigenvalue weighted by atomic mass is 9.95. The van der Waals surface area contributed by atoms with E-state index >= 15 is 0 Å². The Kier molecular flexibility index (Phi) is 6.08. The van der Waals surface area contributed by atoms with Gasteiger partial charge in [0, 0.05) is 93.0 Å². The van der Waals surface area contributed by atoms with Crippen LogP contribution in [0, 0.1) is 0 Å². The Morgan fingerprint density at radius 1 is 0.462 bits per heavy atom. The minimum absolute atomic E-state index is 0.273. The summed E-state index contributed by atoms with van der Waals surface area (Å²) in [7, 11) is 3.00. The number of hydrogen-bond donors (Lipinski definition) is 3. The van der Waals surface area contributed by atoms with E-state index in [4.69, 9.17) is 0 Å². The van der Waals surface area contributed by atoms with Gasteiger partial charge < -0.3 is 19.5 Å². The van der Waals surface area contributed by atoms with Crippen LogP contribution in [0.3, 0.4) is 0 Å². The predicted octanol–water partition coefficient (Wildman–Crippen LogP) is 6.89. The van der Waals surface area contributed by atoms with Gasteiger partial charge in [-0.05, 0) is 24.3 Å². The highest BCUT2D eigenvalue weighted by atomic mass is 16.2. The smallest absolute Gasteiger partial charge is 0.262 e. The second kappa shape index (κ2) is 10.6. The summed E-state index contributed by atoms with van der Waals surface area (Å²) in [5, 5.41) is 3.16. The van der Waals surface area contributed by atoms with E-state index < -0.39 is 17.7 Å². The number of nitrogens with zero attached hydrogens (tertiary/aromatic N) is 3. The molecule has 0 fully saturated rings. The number of fused-ring (bicyclic) bond motifs is 4. The Morgan fingerprint density at radius 2 is 0.904 bits per heavy atom. The number of carbonyl (C=O) groups excluding carboxylic acids is 4. The van der Waals surface area contributed by atoms with Crippen LogP contribution in [0.25, 0.3) is 71.7 Å². The molecular weight excluding hydrogens is 653 g/mol. The first-order valence-electron chi connectivity index (χ1n) is 16.8. The first-order chi connectivity index (χ1) is 25.3. The van der Waals surface area contributed by atoms with Crippen molar-refractivity contribution in [1.82, 2.24) is 29.3 Å². The van der Waals surface area contributed by atoms with Crippen molar-refractivity contribution in [1.29, 1.82) is 0 Å². The number of nitrogens with one attached hydrogen (secondary N) is 3. The van der Waals surface area contributed by atoms with Crippen molar-refractivity contribution in [3.63, 3.8) is 0 Å². The zero-order chi connectivity index (χ0) is 35.4. The van der Waals surface area contributed by atoms with Crippen molar-refractivity contribution >= 4 is 89.5 Å². The van der Waals surface area contributed by atoms with Crippen molar-refractivity contribution in [2.75, 3.05) is 14.1 Å². The maximum atomic E-state index is 14.3. The quantitative estimate of drug-likeness (QED) is 0.171. The third-order valence-electron chi connectivity index (χ3n) is 10.4. The molecule has 2 aliphatic heterocycles. The molecule has 0 aliphatic carbocycles. The molecule has 0 radical (unpaired) electrons. The molecule has 10 heteroatoms. The fourth-order valence-electron chi connectivity index (χ4n) is 7.95. The highest BCUT2D eigenvalue weighted by Gasteiger charge is 2.42. The van der Waals surface area contributed by atoms with Crippen LogP contribution in [0.15, 0.2) is 116 Å². The molecule has 4 amide bonds. The molecule has 0 saturated heterocycles. The van der Waals surface area contributed by atoms with Crippen molar-refractivity contribution < 1.29 is 19.2 Å². The fourth-order valence-corrected chi connectivity index (χ4v) is 7.95. The van der Waals surface area contributed by atoms with E-state index in [9.17, 15) is 19.2 Å². The van der Waals surface area contributed by atoms with Crippen molar-refractivity contribution in [2.24, 2.45) is 0 Å². The average Bonchev–Trinajstić information content (AvgIpc) is 4.01. The standard InChI is InChI=1S/C42H28N6O4/c1-46-39(49)34(26-19-43-29-15-7-3-11-22(26)29)36(41(46)51)28-21-48(32-18-10-6-13-24(28)32)38-33(25-14-5-9-17-31(25)45-38)37-35(40(50)47(2)42(37)52)27-20-44-30-16-8-4-12-23(27)30/h3-21,43-45H,1-2H3. The molecule has 10 rings (SSSR count). The highest BCUT2D eigenvalue weighted by molar-refractivity contribution is 6.52. The van der Waals surface area contributed by atoms with Crippen LogP contribution in [0.5, 0.6) is 0 Å². The van der Waals surface area contributed by atoms with Gasteiger partial charge in [-0.3, -0.25) is 29.0 Å². The zero-order valence-electron chi connectivity index (χ0n) is 27.9. The van der Waals surface area contributed by atoms with Gasteiger partial charge in [-0.25, -0.2) is 0 Å². The molecule has 0 atom stereocenters. The summed E-state index contributed by atoms with van der Waals surface area (Å²) in [5.41, 5.74) is 6.78. The summed E-state index contributed by atoms with van der Waals surface area (Å²) in [5.74, 6) is -1.07. The van der Waals surface area contributed by atoms with Crippen molar-refractivity contribution in [3.05, 3.63) is 138 Å². The molecule has 6 heterocycles. The molecule has 4 aromatic carbocycles. The van der Waals surface area contributed by atoms with Crippen LogP contribution in [-0.2, 0) is 19.2 Å². The molecule has 2 aliphatic rings. The third-order valence-corrected chi connectivity index (χ3v) is 10.4. The second-order valence-corrected chi connectivity index (χ2v) is 13.2. The second-order valence-electron chi connectivity index (χ2n) is 13.2. The summed E-state index contributed by atoms with van der Waals surface area (Å²) in [6.07, 6.45) is 5.40. The average molecular weight is 681 g/mol. The van der Waals surface area contributed by atoms with Gasteiger partial charge in [-0.2, -0.15) is 0 Å². The maximum absolute atomic E-state index is 14.3. The van der Waals surface area contributed by atoms with Crippen molar-refractivity contribution in [3.8, 4) is 5.82 Å². The molecular formula is C42H28N6O4. The predicted molar refractivity (Wildman–Crippen MR) is 201 cm³/mol. The van der Waals surface area contributed by atoms with Gasteiger partial charge in [0.05, 0.1) is 27.8 Å². The first kappa shape index (κ1) is 29.7. The zero-order valence-corrected chi connectivity index (χ0v) is 27.9. The van der Waals surface area contributed by atoms with Gasteiger partial charge in [0.15, 0.2) is 0 Å². The van der Waals surface area contributed by atoms with E-state index in [2.05, 4.69) is 15.0 Å². The van der Waals surface area contributed by atoms with Crippen LogP contribution < -0.4 is 0 Å². The molecule has 8 aromatic rings. The number of aromatic nitrogens is 4. The number of H-pyrrole nitrogens is 3. The minimum atomic E-state index is -0.421. The Balaban J connectivity index is 1.29. The first-order valence-corrected chi connectivity index (χ1v) is 16.8. The number of aromatic amines is 3. The molecule has 0 spiro atoms. The molecule has 52 heavy (non-hydrogen) atoms. The lowest BCUT2D eigenvalue weighted by Gasteiger charge is -2.10. The molecule has 250 valence electrons. The van der Waals surface area contributed by atoms with E-state index in [0.29, 0.717) is 39.2 Å².